The van der Waals surface area contributed by atoms with Crippen molar-refractivity contribution in [3.63, 3.8) is 0 Å². The van der Waals surface area contributed by atoms with Gasteiger partial charge in [-0.1, -0.05) is 6.07 Å². The number of alkyl carbamates (subject to hydrolysis) is 1. The molecule has 5 heteroatoms. The van der Waals surface area contributed by atoms with Gasteiger partial charge in [0, 0.05) is 5.69 Å². The third kappa shape index (κ3) is 6.29. The van der Waals surface area contributed by atoms with Crippen molar-refractivity contribution in [3.8, 4) is 0 Å². The maximum Gasteiger partial charge on any atom is 0.408 e. The van der Waals surface area contributed by atoms with Gasteiger partial charge in [-0.25, -0.2) is 4.79 Å². The van der Waals surface area contributed by atoms with Gasteiger partial charge < -0.3 is 15.4 Å². The second kappa shape index (κ2) is 6.61. The Morgan fingerprint density at radius 1 is 1.10 bits per heavy atom. The van der Waals surface area contributed by atoms with Crippen LogP contribution in [0.3, 0.4) is 0 Å². The maximum atomic E-state index is 12.1. The lowest BCUT2D eigenvalue weighted by atomic mass is 10.1. The summed E-state index contributed by atoms with van der Waals surface area (Å²) in [6, 6.07) is 5.11. The third-order valence-corrected chi connectivity index (χ3v) is 2.62. The summed E-state index contributed by atoms with van der Waals surface area (Å²) < 4.78 is 5.12. The second-order valence-corrected chi connectivity index (χ2v) is 6.23. The number of carbonyl (C=O) groups is 2. The van der Waals surface area contributed by atoms with E-state index in [1.165, 1.54) is 0 Å². The number of hydrogen-bond acceptors (Lipinski definition) is 3. The molecule has 2 N–H and O–H groups in total. The van der Waals surface area contributed by atoms with E-state index in [1.54, 1.807) is 27.7 Å². The molecule has 0 saturated carbocycles. The predicted octanol–water partition coefficient (Wildman–Crippen LogP) is 3.16. The molecule has 2 amide bonds. The number of benzene rings is 1. The molecule has 0 fully saturated rings. The van der Waals surface area contributed by atoms with Gasteiger partial charge in [0.2, 0.25) is 5.91 Å². The van der Waals surface area contributed by atoms with Crippen LogP contribution in [0, 0.1) is 13.8 Å². The van der Waals surface area contributed by atoms with E-state index in [0.717, 1.165) is 16.8 Å². The minimum Gasteiger partial charge on any atom is -0.444 e. The summed E-state index contributed by atoms with van der Waals surface area (Å²) in [5.74, 6) is -0.286. The van der Waals surface area contributed by atoms with E-state index in [1.807, 2.05) is 32.0 Å². The Morgan fingerprint density at radius 3 is 2.10 bits per heavy atom. The first-order valence-corrected chi connectivity index (χ1v) is 6.95. The Hall–Kier alpha value is -2.04. The van der Waals surface area contributed by atoms with Gasteiger partial charge in [0.05, 0.1) is 0 Å². The van der Waals surface area contributed by atoms with Crippen LogP contribution < -0.4 is 10.6 Å². The lowest BCUT2D eigenvalue weighted by molar-refractivity contribution is -0.117. The molecule has 5 nitrogen and oxygen atoms in total. The Bertz CT molecular complexity index is 513. The monoisotopic (exact) mass is 292 g/mol. The molecule has 1 atom stereocenters. The number of carbonyl (C=O) groups excluding carboxylic acids is 2. The number of amides is 2. The first kappa shape index (κ1) is 17.0. The third-order valence-electron chi connectivity index (χ3n) is 2.62. The van der Waals surface area contributed by atoms with Crippen molar-refractivity contribution in [2.24, 2.45) is 0 Å². The van der Waals surface area contributed by atoms with Crippen molar-refractivity contribution in [3.05, 3.63) is 29.3 Å². The van der Waals surface area contributed by atoms with Gasteiger partial charge in [0.25, 0.3) is 0 Å². The first-order valence-electron chi connectivity index (χ1n) is 6.95. The van der Waals surface area contributed by atoms with Gasteiger partial charge in [-0.3, -0.25) is 4.79 Å². The van der Waals surface area contributed by atoms with Crippen LogP contribution >= 0.6 is 0 Å². The van der Waals surface area contributed by atoms with E-state index in [-0.39, 0.29) is 5.91 Å². The highest BCUT2D eigenvalue weighted by molar-refractivity contribution is 5.96. The van der Waals surface area contributed by atoms with Crippen molar-refractivity contribution in [1.29, 1.82) is 0 Å². The Balaban J connectivity index is 2.60. The molecule has 0 aromatic heterocycles. The first-order chi connectivity index (χ1) is 9.56. The van der Waals surface area contributed by atoms with Crippen LogP contribution in [0.15, 0.2) is 18.2 Å². The lowest BCUT2D eigenvalue weighted by Gasteiger charge is -2.21. The van der Waals surface area contributed by atoms with Gasteiger partial charge >= 0.3 is 6.09 Å². The van der Waals surface area contributed by atoms with E-state index >= 15 is 0 Å². The van der Waals surface area contributed by atoms with Gasteiger partial charge in [-0.05, 0) is 64.8 Å². The van der Waals surface area contributed by atoms with E-state index in [2.05, 4.69) is 10.6 Å². The molecule has 0 aliphatic heterocycles. The summed E-state index contributed by atoms with van der Waals surface area (Å²) in [7, 11) is 0. The van der Waals surface area contributed by atoms with Gasteiger partial charge in [0.1, 0.15) is 11.6 Å². The summed E-state index contributed by atoms with van der Waals surface area (Å²) >= 11 is 0. The zero-order valence-electron chi connectivity index (χ0n) is 13.5. The van der Waals surface area contributed by atoms with Crippen molar-refractivity contribution in [2.45, 2.75) is 53.2 Å². The highest BCUT2D eigenvalue weighted by atomic mass is 16.6. The van der Waals surface area contributed by atoms with E-state index in [4.69, 9.17) is 4.74 Å². The molecule has 1 aromatic rings. The fourth-order valence-corrected chi connectivity index (χ4v) is 1.85. The molecular formula is C16H24N2O3. The van der Waals surface area contributed by atoms with E-state index in [9.17, 15) is 9.59 Å². The Kier molecular flexibility index (Phi) is 5.35. The van der Waals surface area contributed by atoms with Crippen LogP contribution in [0.1, 0.15) is 38.8 Å². The van der Waals surface area contributed by atoms with Crippen LogP contribution in [-0.2, 0) is 9.53 Å². The molecule has 0 saturated heterocycles. The van der Waals surface area contributed by atoms with E-state index in [0.29, 0.717) is 0 Å². The van der Waals surface area contributed by atoms with Gasteiger partial charge in [-0.2, -0.15) is 0 Å². The number of aryl methyl sites for hydroxylation is 2. The molecular weight excluding hydrogens is 268 g/mol. The molecule has 1 rings (SSSR count). The molecule has 116 valence electrons. The number of nitrogens with one attached hydrogen (secondary N) is 2. The van der Waals surface area contributed by atoms with Crippen molar-refractivity contribution in [1.82, 2.24) is 5.32 Å². The van der Waals surface area contributed by atoms with Crippen LogP contribution in [0.25, 0.3) is 0 Å². The van der Waals surface area contributed by atoms with E-state index < -0.39 is 17.7 Å². The molecule has 0 aliphatic rings. The zero-order chi connectivity index (χ0) is 16.2. The summed E-state index contributed by atoms with van der Waals surface area (Å²) in [4.78, 5) is 23.7. The molecule has 0 radical (unpaired) electrons. The summed E-state index contributed by atoms with van der Waals surface area (Å²) in [5, 5.41) is 5.29. The minimum atomic E-state index is -0.680. The maximum absolute atomic E-state index is 12.1. The zero-order valence-corrected chi connectivity index (χ0v) is 13.5. The lowest BCUT2D eigenvalue weighted by Crippen LogP contribution is -2.43. The quantitative estimate of drug-likeness (QED) is 0.899. The highest BCUT2D eigenvalue weighted by Gasteiger charge is 2.21. The fraction of sp³-hybridized carbons (Fsp3) is 0.500. The highest BCUT2D eigenvalue weighted by Crippen LogP contribution is 2.14. The molecule has 0 spiro atoms. The molecule has 0 heterocycles. The molecule has 0 aliphatic carbocycles. The average Bonchev–Trinajstić information content (AvgIpc) is 2.24. The second-order valence-electron chi connectivity index (χ2n) is 6.23. The van der Waals surface area contributed by atoms with Crippen molar-refractivity contribution >= 4 is 17.7 Å². The van der Waals surface area contributed by atoms with Crippen LogP contribution in [0.4, 0.5) is 10.5 Å². The molecule has 0 unspecified atom stereocenters. The molecule has 1 aromatic carbocycles. The van der Waals surface area contributed by atoms with Crippen molar-refractivity contribution < 1.29 is 14.3 Å². The average molecular weight is 292 g/mol. The minimum absolute atomic E-state index is 0.286. The standard InChI is InChI=1S/C16H24N2O3/c1-10-7-11(2)9-13(8-10)18-14(19)12(3)17-15(20)21-16(4,5)6/h7-9,12H,1-6H3,(H,17,20)(H,18,19)/t12-/m1/s1. The van der Waals surface area contributed by atoms with Crippen LogP contribution in [-0.4, -0.2) is 23.6 Å². The summed E-state index contributed by atoms with van der Waals surface area (Å²) in [6.07, 6.45) is -0.606. The van der Waals surface area contributed by atoms with Crippen LogP contribution in [0.5, 0.6) is 0 Å². The Labute approximate surface area is 126 Å². The summed E-state index contributed by atoms with van der Waals surface area (Å²) in [5.41, 5.74) is 2.26. The van der Waals surface area contributed by atoms with Crippen molar-refractivity contribution in [2.75, 3.05) is 5.32 Å². The number of rotatable bonds is 3. The number of anilines is 1. The molecule has 0 bridgehead atoms. The Morgan fingerprint density at radius 2 is 1.62 bits per heavy atom. The SMILES string of the molecule is Cc1cc(C)cc(NC(=O)[C@@H](C)NC(=O)OC(C)(C)C)c1. The summed E-state index contributed by atoms with van der Waals surface area (Å²) in [6.45, 7) is 10.9. The molecule has 21 heavy (non-hydrogen) atoms. The van der Waals surface area contributed by atoms with Gasteiger partial charge in [0.15, 0.2) is 0 Å². The number of ether oxygens (including phenoxy) is 1. The number of hydrogen-bond donors (Lipinski definition) is 2. The normalized spacial score (nSPS) is 12.5. The largest absolute Gasteiger partial charge is 0.444 e. The predicted molar refractivity (Wildman–Crippen MR) is 83.4 cm³/mol. The topological polar surface area (TPSA) is 67.4 Å². The van der Waals surface area contributed by atoms with Crippen LogP contribution in [0.2, 0.25) is 0 Å². The fourth-order valence-electron chi connectivity index (χ4n) is 1.85. The smallest absolute Gasteiger partial charge is 0.408 e. The van der Waals surface area contributed by atoms with Gasteiger partial charge in [-0.15, -0.1) is 0 Å².